The van der Waals surface area contributed by atoms with Gasteiger partial charge in [0.15, 0.2) is 0 Å². The molecule has 4 rings (SSSR count). The van der Waals surface area contributed by atoms with Crippen LogP contribution in [0.3, 0.4) is 0 Å². The van der Waals surface area contributed by atoms with Gasteiger partial charge in [-0.2, -0.15) is 0 Å². The van der Waals surface area contributed by atoms with Crippen molar-refractivity contribution in [1.29, 1.82) is 0 Å². The smallest absolute Gasteiger partial charge is 0.125 e. The van der Waals surface area contributed by atoms with E-state index in [4.69, 9.17) is 9.98 Å². The van der Waals surface area contributed by atoms with Gasteiger partial charge in [-0.15, -0.1) is 0 Å². The molecule has 0 bridgehead atoms. The van der Waals surface area contributed by atoms with Crippen LogP contribution in [0.25, 0.3) is 5.57 Å². The van der Waals surface area contributed by atoms with Crippen LogP contribution in [0.5, 0.6) is 0 Å². The number of allylic oxidation sites excluding steroid dienone is 8. The van der Waals surface area contributed by atoms with Crippen molar-refractivity contribution in [2.75, 3.05) is 20.1 Å². The number of aliphatic imine (C=N–C) groups is 2. The van der Waals surface area contributed by atoms with Gasteiger partial charge >= 0.3 is 0 Å². The van der Waals surface area contributed by atoms with Gasteiger partial charge in [-0.3, -0.25) is 9.98 Å². The zero-order valence-electron chi connectivity index (χ0n) is 19.8. The summed E-state index contributed by atoms with van der Waals surface area (Å²) in [6, 6.07) is 10.6. The SMILES string of the molecule is C=C1CCCCC2=C1C(C1C=CC(c3ccccc3)=CC1)=NCC(=NC/C(C)=C\C)N2C. The van der Waals surface area contributed by atoms with E-state index in [1.165, 1.54) is 52.1 Å². The summed E-state index contributed by atoms with van der Waals surface area (Å²) < 4.78 is 0. The molecule has 0 saturated carbocycles. The Hall–Kier alpha value is -2.94. The Morgan fingerprint density at radius 2 is 2.00 bits per heavy atom. The lowest BCUT2D eigenvalue weighted by atomic mass is 9.84. The molecule has 1 aliphatic heterocycles. The number of hydrogen-bond acceptors (Lipinski definition) is 2. The molecule has 1 aromatic carbocycles. The maximum atomic E-state index is 5.18. The molecule has 0 spiro atoms. The molecule has 32 heavy (non-hydrogen) atoms. The predicted octanol–water partition coefficient (Wildman–Crippen LogP) is 6.78. The maximum Gasteiger partial charge on any atom is 0.125 e. The van der Waals surface area contributed by atoms with E-state index in [9.17, 15) is 0 Å². The lowest BCUT2D eigenvalue weighted by Gasteiger charge is -2.26. The molecule has 1 heterocycles. The molecule has 0 N–H and O–H groups in total. The molecule has 0 amide bonds. The number of amidine groups is 1. The van der Waals surface area contributed by atoms with E-state index < -0.39 is 0 Å². The van der Waals surface area contributed by atoms with Crippen molar-refractivity contribution in [1.82, 2.24) is 4.90 Å². The molecule has 3 nitrogen and oxygen atoms in total. The van der Waals surface area contributed by atoms with E-state index in [2.05, 4.69) is 87.0 Å². The van der Waals surface area contributed by atoms with E-state index in [1.807, 2.05) is 0 Å². The summed E-state index contributed by atoms with van der Waals surface area (Å²) in [5, 5.41) is 0. The molecule has 166 valence electrons. The highest BCUT2D eigenvalue weighted by Gasteiger charge is 2.30. The lowest BCUT2D eigenvalue weighted by Crippen LogP contribution is -2.29. The Morgan fingerprint density at radius 3 is 2.72 bits per heavy atom. The van der Waals surface area contributed by atoms with Gasteiger partial charge in [0.2, 0.25) is 0 Å². The first kappa shape index (κ1) is 22.3. The molecular weight excluding hydrogens is 390 g/mol. The topological polar surface area (TPSA) is 28.0 Å². The van der Waals surface area contributed by atoms with Crippen molar-refractivity contribution in [3.05, 3.63) is 89.2 Å². The molecule has 0 radical (unpaired) electrons. The van der Waals surface area contributed by atoms with Crippen LogP contribution in [0.1, 0.15) is 51.5 Å². The van der Waals surface area contributed by atoms with E-state index in [0.717, 1.165) is 31.6 Å². The first-order valence-corrected chi connectivity index (χ1v) is 11.9. The van der Waals surface area contributed by atoms with Crippen LogP contribution in [-0.2, 0) is 0 Å². The molecule has 0 aromatic heterocycles. The fourth-order valence-corrected chi connectivity index (χ4v) is 4.68. The largest absolute Gasteiger partial charge is 0.335 e. The van der Waals surface area contributed by atoms with E-state index >= 15 is 0 Å². The highest BCUT2D eigenvalue weighted by molar-refractivity contribution is 6.10. The van der Waals surface area contributed by atoms with Crippen molar-refractivity contribution in [2.45, 2.75) is 46.0 Å². The van der Waals surface area contributed by atoms with Crippen molar-refractivity contribution in [3.63, 3.8) is 0 Å². The summed E-state index contributed by atoms with van der Waals surface area (Å²) in [4.78, 5) is 12.4. The number of nitrogens with zero attached hydrogens (tertiary/aromatic N) is 3. The van der Waals surface area contributed by atoms with Gasteiger partial charge in [0.25, 0.3) is 0 Å². The zero-order valence-corrected chi connectivity index (χ0v) is 19.8. The molecule has 3 aliphatic rings. The van der Waals surface area contributed by atoms with Crippen LogP contribution in [0.4, 0.5) is 0 Å². The third-order valence-corrected chi connectivity index (χ3v) is 6.79. The fourth-order valence-electron chi connectivity index (χ4n) is 4.68. The van der Waals surface area contributed by atoms with Crippen molar-refractivity contribution in [2.24, 2.45) is 15.9 Å². The quantitative estimate of drug-likeness (QED) is 0.489. The molecule has 1 aromatic rings. The summed E-state index contributed by atoms with van der Waals surface area (Å²) in [5.74, 6) is 1.34. The van der Waals surface area contributed by atoms with Gasteiger partial charge in [0, 0.05) is 24.2 Å². The minimum Gasteiger partial charge on any atom is -0.335 e. The molecule has 0 saturated heterocycles. The van der Waals surface area contributed by atoms with Crippen molar-refractivity contribution >= 4 is 17.1 Å². The number of benzene rings is 1. The summed E-state index contributed by atoms with van der Waals surface area (Å²) in [5.41, 5.74) is 8.94. The highest BCUT2D eigenvalue weighted by Crippen LogP contribution is 2.36. The summed E-state index contributed by atoms with van der Waals surface area (Å²) in [7, 11) is 2.17. The first-order valence-electron chi connectivity index (χ1n) is 11.9. The van der Waals surface area contributed by atoms with Gasteiger partial charge < -0.3 is 4.90 Å². The standard InChI is InChI=1S/C29H35N3/c1-5-21(2)19-30-27-20-31-29(28-22(3)11-9-10-14-26(28)32(27)4)25-17-15-24(16-18-25)23-12-7-6-8-13-23/h5-8,12-13,15-17,25H,3,9-11,14,18-20H2,1-2,4H3/b21-5-,30-27?. The molecule has 1 unspecified atom stereocenters. The second-order valence-electron chi connectivity index (χ2n) is 8.99. The Bertz CT molecular complexity index is 1050. The van der Waals surface area contributed by atoms with Crippen LogP contribution in [0.2, 0.25) is 0 Å². The number of hydrogen-bond donors (Lipinski definition) is 0. The second-order valence-corrected chi connectivity index (χ2v) is 8.99. The molecule has 0 fully saturated rings. The second kappa shape index (κ2) is 10.1. The third kappa shape index (κ3) is 4.77. The Balaban J connectivity index is 1.68. The third-order valence-electron chi connectivity index (χ3n) is 6.79. The Labute approximate surface area is 193 Å². The predicted molar refractivity (Wildman–Crippen MR) is 138 cm³/mol. The van der Waals surface area contributed by atoms with Crippen LogP contribution in [-0.4, -0.2) is 36.6 Å². The average molecular weight is 426 g/mol. The average Bonchev–Trinajstić information content (AvgIpc) is 3.10. The normalized spacial score (nSPS) is 23.5. The molecule has 2 aliphatic carbocycles. The molecule has 1 atom stereocenters. The van der Waals surface area contributed by atoms with Gasteiger partial charge in [0.1, 0.15) is 5.84 Å². The van der Waals surface area contributed by atoms with Gasteiger partial charge in [-0.05, 0) is 62.7 Å². The van der Waals surface area contributed by atoms with Crippen LogP contribution >= 0.6 is 0 Å². The van der Waals surface area contributed by atoms with Crippen molar-refractivity contribution < 1.29 is 0 Å². The van der Waals surface area contributed by atoms with E-state index in [1.54, 1.807) is 0 Å². The van der Waals surface area contributed by atoms with E-state index in [-0.39, 0.29) is 5.92 Å². The summed E-state index contributed by atoms with van der Waals surface area (Å²) in [6.45, 7) is 10.1. The summed E-state index contributed by atoms with van der Waals surface area (Å²) >= 11 is 0. The van der Waals surface area contributed by atoms with Gasteiger partial charge in [-0.1, -0.05) is 66.8 Å². The maximum absolute atomic E-state index is 5.18. The molecular formula is C29H35N3. The van der Waals surface area contributed by atoms with Gasteiger partial charge in [-0.25, -0.2) is 0 Å². The first-order chi connectivity index (χ1) is 15.6. The number of likely N-dealkylation sites (N-methyl/N-ethyl adjacent to an activating group) is 1. The Morgan fingerprint density at radius 1 is 1.22 bits per heavy atom. The van der Waals surface area contributed by atoms with Crippen LogP contribution in [0.15, 0.2) is 93.6 Å². The lowest BCUT2D eigenvalue weighted by molar-refractivity contribution is 0.565. The number of rotatable bonds is 4. The zero-order chi connectivity index (χ0) is 22.5. The van der Waals surface area contributed by atoms with Gasteiger partial charge in [0.05, 0.1) is 18.8 Å². The monoisotopic (exact) mass is 425 g/mol. The van der Waals surface area contributed by atoms with E-state index in [0.29, 0.717) is 6.54 Å². The molecule has 3 heteroatoms. The summed E-state index contributed by atoms with van der Waals surface area (Å²) in [6.07, 6.45) is 14.6. The van der Waals surface area contributed by atoms with Crippen LogP contribution < -0.4 is 0 Å². The van der Waals surface area contributed by atoms with Crippen molar-refractivity contribution in [3.8, 4) is 0 Å². The Kier molecular flexibility index (Phi) is 7.04. The van der Waals surface area contributed by atoms with Crippen LogP contribution in [0, 0.1) is 5.92 Å². The minimum absolute atomic E-state index is 0.285. The minimum atomic E-state index is 0.285. The fraction of sp³-hybridized carbons (Fsp3) is 0.379. The highest BCUT2D eigenvalue weighted by atomic mass is 15.2.